The predicted molar refractivity (Wildman–Crippen MR) is 102 cm³/mol. The molecule has 4 rings (SSSR count). The summed E-state index contributed by atoms with van der Waals surface area (Å²) in [5, 5.41) is 6.04. The van der Waals surface area contributed by atoms with E-state index in [4.69, 9.17) is 11.6 Å². The summed E-state index contributed by atoms with van der Waals surface area (Å²) in [5.74, 6) is -0.654. The molecule has 2 N–H and O–H groups in total. The van der Waals surface area contributed by atoms with E-state index in [2.05, 4.69) is 10.6 Å². The number of carbonyl (C=O) groups excluding carboxylic acids is 3. The molecule has 1 fully saturated rings. The van der Waals surface area contributed by atoms with Crippen LogP contribution in [0.4, 0.5) is 16.2 Å². The van der Waals surface area contributed by atoms with Crippen LogP contribution >= 0.6 is 11.6 Å². The molecule has 1 unspecified atom stereocenters. The highest BCUT2D eigenvalue weighted by Crippen LogP contribution is 2.30. The lowest BCUT2D eigenvalue weighted by molar-refractivity contribution is -0.126. The molecule has 0 aliphatic carbocycles. The fourth-order valence-electron chi connectivity index (χ4n) is 3.32. The van der Waals surface area contributed by atoms with Crippen molar-refractivity contribution >= 4 is 40.8 Å². The molecule has 0 spiro atoms. The molecule has 7 nitrogen and oxygen atoms in total. The van der Waals surface area contributed by atoms with Gasteiger partial charge in [-0.3, -0.25) is 14.5 Å². The molecule has 0 saturated carbocycles. The Kier molecular flexibility index (Phi) is 4.45. The molecule has 8 heteroatoms. The lowest BCUT2D eigenvalue weighted by atomic mass is 10.1. The van der Waals surface area contributed by atoms with E-state index < -0.39 is 6.04 Å². The number of nitrogens with zero attached hydrogens (tertiary/aromatic N) is 2. The summed E-state index contributed by atoms with van der Waals surface area (Å²) in [5.41, 5.74) is 2.15. The Balaban J connectivity index is 1.40. The Labute approximate surface area is 160 Å². The van der Waals surface area contributed by atoms with Gasteiger partial charge in [0.25, 0.3) is 5.91 Å². The van der Waals surface area contributed by atoms with Crippen molar-refractivity contribution in [1.82, 2.24) is 10.2 Å². The average molecular weight is 385 g/mol. The van der Waals surface area contributed by atoms with Gasteiger partial charge in [0, 0.05) is 35.1 Å². The van der Waals surface area contributed by atoms with Crippen LogP contribution < -0.4 is 15.5 Å². The summed E-state index contributed by atoms with van der Waals surface area (Å²) in [6.07, 6.45) is 0. The van der Waals surface area contributed by atoms with Gasteiger partial charge in [-0.15, -0.1) is 0 Å². The van der Waals surface area contributed by atoms with Crippen molar-refractivity contribution in [2.75, 3.05) is 29.9 Å². The molecule has 0 aromatic heterocycles. The maximum atomic E-state index is 12.6. The van der Waals surface area contributed by atoms with Crippen molar-refractivity contribution in [3.63, 3.8) is 0 Å². The first-order valence-electron chi connectivity index (χ1n) is 8.54. The van der Waals surface area contributed by atoms with Gasteiger partial charge < -0.3 is 15.5 Å². The molecule has 27 heavy (non-hydrogen) atoms. The SMILES string of the molecule is O=C(CN1CCN(c2ccc(Cl)cc2)C1=O)NC1C(=O)Nc2ccccc21. The summed E-state index contributed by atoms with van der Waals surface area (Å²) in [4.78, 5) is 40.2. The van der Waals surface area contributed by atoms with E-state index >= 15 is 0 Å². The van der Waals surface area contributed by atoms with Gasteiger partial charge in [-0.1, -0.05) is 29.8 Å². The van der Waals surface area contributed by atoms with E-state index in [-0.39, 0.29) is 24.4 Å². The van der Waals surface area contributed by atoms with Crippen molar-refractivity contribution < 1.29 is 14.4 Å². The van der Waals surface area contributed by atoms with Gasteiger partial charge >= 0.3 is 6.03 Å². The number of halogens is 1. The predicted octanol–water partition coefficient (Wildman–Crippen LogP) is 2.39. The number of amides is 4. The molecule has 2 aliphatic heterocycles. The van der Waals surface area contributed by atoms with Crippen LogP contribution in [0.25, 0.3) is 0 Å². The Morgan fingerprint density at radius 1 is 1.11 bits per heavy atom. The number of nitrogens with one attached hydrogen (secondary N) is 2. The third-order valence-corrected chi connectivity index (χ3v) is 4.92. The van der Waals surface area contributed by atoms with E-state index in [0.717, 1.165) is 11.3 Å². The number of anilines is 2. The molecule has 0 radical (unpaired) electrons. The third-order valence-electron chi connectivity index (χ3n) is 4.66. The summed E-state index contributed by atoms with van der Waals surface area (Å²) in [6.45, 7) is 0.817. The first kappa shape index (κ1) is 17.4. The van der Waals surface area contributed by atoms with Crippen LogP contribution in [0.5, 0.6) is 0 Å². The lowest BCUT2D eigenvalue weighted by Crippen LogP contribution is -2.42. The molecule has 138 valence electrons. The first-order chi connectivity index (χ1) is 13.0. The van der Waals surface area contributed by atoms with Crippen molar-refractivity contribution in [2.24, 2.45) is 0 Å². The number of hydrogen-bond acceptors (Lipinski definition) is 3. The smallest absolute Gasteiger partial charge is 0.325 e. The highest BCUT2D eigenvalue weighted by molar-refractivity contribution is 6.30. The second-order valence-electron chi connectivity index (χ2n) is 6.41. The highest BCUT2D eigenvalue weighted by atomic mass is 35.5. The van der Waals surface area contributed by atoms with E-state index in [1.54, 1.807) is 41.3 Å². The Morgan fingerprint density at radius 2 is 1.85 bits per heavy atom. The van der Waals surface area contributed by atoms with E-state index in [1.165, 1.54) is 4.90 Å². The molecule has 2 aromatic rings. The number of hydrogen-bond donors (Lipinski definition) is 2. The lowest BCUT2D eigenvalue weighted by Gasteiger charge is -2.19. The van der Waals surface area contributed by atoms with Crippen molar-refractivity contribution in [2.45, 2.75) is 6.04 Å². The average Bonchev–Trinajstić information content (AvgIpc) is 3.16. The van der Waals surface area contributed by atoms with Gasteiger partial charge in [0.2, 0.25) is 5.91 Å². The van der Waals surface area contributed by atoms with E-state index in [9.17, 15) is 14.4 Å². The molecule has 1 atom stereocenters. The van der Waals surface area contributed by atoms with Gasteiger partial charge in [-0.05, 0) is 30.3 Å². The monoisotopic (exact) mass is 384 g/mol. The summed E-state index contributed by atoms with van der Waals surface area (Å²) in [7, 11) is 0. The van der Waals surface area contributed by atoms with Crippen LogP contribution in [0, 0.1) is 0 Å². The van der Waals surface area contributed by atoms with E-state index in [1.807, 2.05) is 12.1 Å². The second kappa shape index (κ2) is 6.92. The fraction of sp³-hybridized carbons (Fsp3) is 0.211. The molecule has 2 aromatic carbocycles. The minimum atomic E-state index is -0.737. The van der Waals surface area contributed by atoms with Crippen LogP contribution in [0.3, 0.4) is 0 Å². The molecule has 2 heterocycles. The number of urea groups is 1. The topological polar surface area (TPSA) is 81.8 Å². The number of rotatable bonds is 4. The quantitative estimate of drug-likeness (QED) is 0.849. The number of para-hydroxylation sites is 1. The van der Waals surface area contributed by atoms with Crippen molar-refractivity contribution in [3.8, 4) is 0 Å². The molecule has 0 bridgehead atoms. The van der Waals surface area contributed by atoms with Crippen LogP contribution in [0.15, 0.2) is 48.5 Å². The van der Waals surface area contributed by atoms with Crippen LogP contribution in [-0.4, -0.2) is 42.4 Å². The van der Waals surface area contributed by atoms with Gasteiger partial charge in [0.15, 0.2) is 0 Å². The molecular weight excluding hydrogens is 368 g/mol. The maximum Gasteiger partial charge on any atom is 0.325 e. The molecular formula is C19H17ClN4O3. The first-order valence-corrected chi connectivity index (χ1v) is 8.92. The number of carbonyl (C=O) groups is 3. The van der Waals surface area contributed by atoms with Gasteiger partial charge in [0.05, 0.1) is 0 Å². The zero-order valence-corrected chi connectivity index (χ0v) is 15.1. The highest BCUT2D eigenvalue weighted by Gasteiger charge is 2.34. The number of benzene rings is 2. The summed E-state index contributed by atoms with van der Waals surface area (Å²) in [6, 6.07) is 13.2. The molecule has 4 amide bonds. The Bertz CT molecular complexity index is 915. The van der Waals surface area contributed by atoms with Gasteiger partial charge in [-0.2, -0.15) is 0 Å². The Hall–Kier alpha value is -3.06. The van der Waals surface area contributed by atoms with Crippen LogP contribution in [0.1, 0.15) is 11.6 Å². The fourth-order valence-corrected chi connectivity index (χ4v) is 3.45. The summed E-state index contributed by atoms with van der Waals surface area (Å²) >= 11 is 5.88. The zero-order chi connectivity index (χ0) is 19.0. The zero-order valence-electron chi connectivity index (χ0n) is 14.3. The second-order valence-corrected chi connectivity index (χ2v) is 6.85. The maximum absolute atomic E-state index is 12.6. The van der Waals surface area contributed by atoms with Crippen molar-refractivity contribution in [3.05, 3.63) is 59.1 Å². The number of fused-ring (bicyclic) bond motifs is 1. The van der Waals surface area contributed by atoms with Gasteiger partial charge in [-0.25, -0.2) is 4.79 Å². The largest absolute Gasteiger partial charge is 0.339 e. The van der Waals surface area contributed by atoms with Crippen LogP contribution in [-0.2, 0) is 9.59 Å². The standard InChI is InChI=1S/C19H17ClN4O3/c20-12-5-7-13(8-6-12)24-10-9-23(19(24)27)11-16(25)22-17-14-3-1-2-4-15(14)21-18(17)26/h1-8,17H,9-11H2,(H,21,26)(H,22,25). The van der Waals surface area contributed by atoms with Crippen molar-refractivity contribution in [1.29, 1.82) is 0 Å². The van der Waals surface area contributed by atoms with E-state index in [0.29, 0.717) is 23.8 Å². The third kappa shape index (κ3) is 3.33. The molecule has 1 saturated heterocycles. The minimum absolute atomic E-state index is 0.102. The Morgan fingerprint density at radius 3 is 2.63 bits per heavy atom. The minimum Gasteiger partial charge on any atom is -0.339 e. The normalized spacial score (nSPS) is 18.5. The van der Waals surface area contributed by atoms with Crippen LogP contribution in [0.2, 0.25) is 5.02 Å². The summed E-state index contributed by atoms with van der Waals surface area (Å²) < 4.78 is 0. The van der Waals surface area contributed by atoms with Gasteiger partial charge in [0.1, 0.15) is 12.6 Å². The molecule has 2 aliphatic rings.